The van der Waals surface area contributed by atoms with Crippen LogP contribution in [0.25, 0.3) is 0 Å². The van der Waals surface area contributed by atoms with Crippen molar-refractivity contribution in [2.75, 3.05) is 5.32 Å². The van der Waals surface area contributed by atoms with E-state index in [-0.39, 0.29) is 5.82 Å². The Labute approximate surface area is 103 Å². The molecule has 2 aromatic rings. The molecule has 0 saturated carbocycles. The van der Waals surface area contributed by atoms with Crippen molar-refractivity contribution in [2.45, 2.75) is 0 Å². The van der Waals surface area contributed by atoms with Crippen LogP contribution in [0.15, 0.2) is 42.5 Å². The van der Waals surface area contributed by atoms with Crippen molar-refractivity contribution in [1.82, 2.24) is 0 Å². The van der Waals surface area contributed by atoms with Gasteiger partial charge in [0.25, 0.3) is 0 Å². The van der Waals surface area contributed by atoms with Gasteiger partial charge < -0.3 is 5.32 Å². The van der Waals surface area contributed by atoms with Gasteiger partial charge in [0.15, 0.2) is 0 Å². The third-order valence-corrected chi connectivity index (χ3v) is 2.46. The van der Waals surface area contributed by atoms with Crippen LogP contribution in [0.4, 0.5) is 15.8 Å². The maximum Gasteiger partial charge on any atom is 0.123 e. The summed E-state index contributed by atoms with van der Waals surface area (Å²) >= 11 is 5.86. The van der Waals surface area contributed by atoms with Crippen molar-refractivity contribution in [3.63, 3.8) is 0 Å². The molecule has 0 aliphatic heterocycles. The first-order chi connectivity index (χ1) is 8.19. The molecule has 0 unspecified atom stereocenters. The van der Waals surface area contributed by atoms with Gasteiger partial charge in [-0.05, 0) is 42.5 Å². The second-order valence-corrected chi connectivity index (χ2v) is 3.87. The lowest BCUT2D eigenvalue weighted by molar-refractivity contribution is 0.628. The molecule has 1 N–H and O–H groups in total. The molecule has 17 heavy (non-hydrogen) atoms. The first kappa shape index (κ1) is 11.4. The second-order valence-electron chi connectivity index (χ2n) is 3.43. The van der Waals surface area contributed by atoms with E-state index >= 15 is 0 Å². The minimum absolute atomic E-state index is 0.304. The molecule has 0 aromatic heterocycles. The third-order valence-electron chi connectivity index (χ3n) is 2.23. The fourth-order valence-corrected chi connectivity index (χ4v) is 1.58. The van der Waals surface area contributed by atoms with Crippen molar-refractivity contribution >= 4 is 23.0 Å². The molecule has 2 aromatic carbocycles. The van der Waals surface area contributed by atoms with Crippen molar-refractivity contribution in [2.24, 2.45) is 0 Å². The molecule has 0 radical (unpaired) electrons. The summed E-state index contributed by atoms with van der Waals surface area (Å²) in [6, 6.07) is 12.9. The third kappa shape index (κ3) is 2.74. The quantitative estimate of drug-likeness (QED) is 0.866. The highest BCUT2D eigenvalue weighted by molar-refractivity contribution is 6.30. The van der Waals surface area contributed by atoms with E-state index in [1.54, 1.807) is 30.3 Å². The number of anilines is 2. The van der Waals surface area contributed by atoms with Crippen LogP contribution in [-0.2, 0) is 0 Å². The van der Waals surface area contributed by atoms with Gasteiger partial charge in [0.2, 0.25) is 0 Å². The van der Waals surface area contributed by atoms with Crippen molar-refractivity contribution in [3.8, 4) is 6.07 Å². The molecule has 0 aliphatic rings. The van der Waals surface area contributed by atoms with Crippen molar-refractivity contribution in [1.29, 1.82) is 5.26 Å². The van der Waals surface area contributed by atoms with Gasteiger partial charge in [-0.3, -0.25) is 0 Å². The van der Waals surface area contributed by atoms with E-state index < -0.39 is 0 Å². The van der Waals surface area contributed by atoms with Crippen LogP contribution in [0.1, 0.15) is 5.56 Å². The summed E-state index contributed by atoms with van der Waals surface area (Å²) in [6.45, 7) is 0. The lowest BCUT2D eigenvalue weighted by Gasteiger charge is -2.08. The number of nitriles is 1. The minimum Gasteiger partial charge on any atom is -0.354 e. The summed E-state index contributed by atoms with van der Waals surface area (Å²) in [7, 11) is 0. The molecule has 2 rings (SSSR count). The number of hydrogen-bond donors (Lipinski definition) is 1. The predicted octanol–water partition coefficient (Wildman–Crippen LogP) is 4.09. The van der Waals surface area contributed by atoms with E-state index in [2.05, 4.69) is 11.4 Å². The fraction of sp³-hybridized carbons (Fsp3) is 0. The van der Waals surface area contributed by atoms with Crippen LogP contribution in [-0.4, -0.2) is 0 Å². The summed E-state index contributed by atoms with van der Waals surface area (Å²) in [5.74, 6) is -0.304. The SMILES string of the molecule is N#Cc1ccc(Cl)cc1Nc1ccc(F)cc1. The average Bonchev–Trinajstić information content (AvgIpc) is 2.32. The van der Waals surface area contributed by atoms with Crippen LogP contribution < -0.4 is 5.32 Å². The Balaban J connectivity index is 2.32. The van der Waals surface area contributed by atoms with Gasteiger partial charge in [-0.25, -0.2) is 4.39 Å². The molecule has 4 heteroatoms. The number of nitrogens with one attached hydrogen (secondary N) is 1. The number of rotatable bonds is 2. The van der Waals surface area contributed by atoms with Gasteiger partial charge in [0.1, 0.15) is 11.9 Å². The van der Waals surface area contributed by atoms with Crippen LogP contribution in [0, 0.1) is 17.1 Å². The summed E-state index contributed by atoms with van der Waals surface area (Å²) in [5, 5.41) is 12.5. The zero-order chi connectivity index (χ0) is 12.3. The zero-order valence-electron chi connectivity index (χ0n) is 8.74. The maximum absolute atomic E-state index is 12.7. The number of halogens is 2. The van der Waals surface area contributed by atoms with E-state index in [9.17, 15) is 4.39 Å². The van der Waals surface area contributed by atoms with Gasteiger partial charge in [-0.2, -0.15) is 5.26 Å². The van der Waals surface area contributed by atoms with Crippen LogP contribution in [0.5, 0.6) is 0 Å². The molecule has 0 spiro atoms. The molecule has 0 saturated heterocycles. The Morgan fingerprint density at radius 3 is 2.47 bits per heavy atom. The molecule has 0 amide bonds. The first-order valence-corrected chi connectivity index (χ1v) is 5.29. The molecule has 0 aliphatic carbocycles. The Kier molecular flexibility index (Phi) is 3.27. The van der Waals surface area contributed by atoms with E-state index in [0.717, 1.165) is 0 Å². The van der Waals surface area contributed by atoms with Crippen LogP contribution in [0.3, 0.4) is 0 Å². The van der Waals surface area contributed by atoms with E-state index in [1.165, 1.54) is 12.1 Å². The fourth-order valence-electron chi connectivity index (χ4n) is 1.41. The largest absolute Gasteiger partial charge is 0.354 e. The predicted molar refractivity (Wildman–Crippen MR) is 65.8 cm³/mol. The van der Waals surface area contributed by atoms with Gasteiger partial charge in [-0.15, -0.1) is 0 Å². The summed E-state index contributed by atoms with van der Waals surface area (Å²) in [6.07, 6.45) is 0. The average molecular weight is 247 g/mol. The van der Waals surface area contributed by atoms with E-state index in [0.29, 0.717) is 22.0 Å². The molecular weight excluding hydrogens is 239 g/mol. The summed E-state index contributed by atoms with van der Waals surface area (Å²) in [5.41, 5.74) is 1.79. The molecule has 0 bridgehead atoms. The van der Waals surface area contributed by atoms with Crippen molar-refractivity contribution < 1.29 is 4.39 Å². The Hall–Kier alpha value is -2.05. The van der Waals surface area contributed by atoms with Crippen LogP contribution >= 0.6 is 11.6 Å². The van der Waals surface area contributed by atoms with Gasteiger partial charge in [-0.1, -0.05) is 11.6 Å². The van der Waals surface area contributed by atoms with Gasteiger partial charge in [0.05, 0.1) is 11.3 Å². The molecule has 0 atom stereocenters. The highest BCUT2D eigenvalue weighted by atomic mass is 35.5. The summed E-state index contributed by atoms with van der Waals surface area (Å²) < 4.78 is 12.7. The second kappa shape index (κ2) is 4.86. The summed E-state index contributed by atoms with van der Waals surface area (Å²) in [4.78, 5) is 0. The first-order valence-electron chi connectivity index (χ1n) is 4.91. The highest BCUT2D eigenvalue weighted by Crippen LogP contribution is 2.24. The molecule has 0 fully saturated rings. The molecule has 2 nitrogen and oxygen atoms in total. The number of benzene rings is 2. The smallest absolute Gasteiger partial charge is 0.123 e. The Morgan fingerprint density at radius 1 is 1.12 bits per heavy atom. The highest BCUT2D eigenvalue weighted by Gasteiger charge is 2.03. The van der Waals surface area contributed by atoms with E-state index in [4.69, 9.17) is 16.9 Å². The monoisotopic (exact) mass is 246 g/mol. The standard InChI is InChI=1S/C13H8ClFN2/c14-10-2-1-9(8-16)13(7-10)17-12-5-3-11(15)4-6-12/h1-7,17H. The van der Waals surface area contributed by atoms with Gasteiger partial charge >= 0.3 is 0 Å². The molecule has 0 heterocycles. The molecular formula is C13H8ClFN2. The number of hydrogen-bond acceptors (Lipinski definition) is 2. The normalized spacial score (nSPS) is 9.71. The maximum atomic E-state index is 12.7. The zero-order valence-corrected chi connectivity index (χ0v) is 9.50. The minimum atomic E-state index is -0.304. The van der Waals surface area contributed by atoms with Crippen LogP contribution in [0.2, 0.25) is 5.02 Å². The lowest BCUT2D eigenvalue weighted by Crippen LogP contribution is -1.93. The molecule has 84 valence electrons. The lowest BCUT2D eigenvalue weighted by atomic mass is 10.2. The van der Waals surface area contributed by atoms with Gasteiger partial charge in [0, 0.05) is 10.7 Å². The Bertz CT molecular complexity index is 573. The Morgan fingerprint density at radius 2 is 1.82 bits per heavy atom. The topological polar surface area (TPSA) is 35.8 Å². The van der Waals surface area contributed by atoms with E-state index in [1.807, 2.05) is 0 Å². The number of nitrogens with zero attached hydrogens (tertiary/aromatic N) is 1. The van der Waals surface area contributed by atoms with Crippen molar-refractivity contribution in [3.05, 3.63) is 58.9 Å².